The second-order valence-electron chi connectivity index (χ2n) is 8.37. The number of rotatable bonds is 15. The first-order valence-corrected chi connectivity index (χ1v) is 12.2. The number of hydrogen-bond donors (Lipinski definition) is 1. The van der Waals surface area contributed by atoms with Crippen LogP contribution in [-0.4, -0.2) is 42.3 Å². The van der Waals surface area contributed by atoms with Crippen LogP contribution in [0.3, 0.4) is 0 Å². The molecule has 0 spiro atoms. The van der Waals surface area contributed by atoms with Crippen molar-refractivity contribution in [2.45, 2.75) is 71.3 Å². The molecule has 1 aliphatic rings. The van der Waals surface area contributed by atoms with Gasteiger partial charge in [0.1, 0.15) is 5.76 Å². The van der Waals surface area contributed by atoms with Gasteiger partial charge in [0.05, 0.1) is 13.2 Å². The molecule has 6 nitrogen and oxygen atoms in total. The van der Waals surface area contributed by atoms with Crippen molar-refractivity contribution in [1.29, 1.82) is 0 Å². The van der Waals surface area contributed by atoms with Crippen LogP contribution < -0.4 is 5.32 Å². The van der Waals surface area contributed by atoms with E-state index in [-0.39, 0.29) is 17.9 Å². The van der Waals surface area contributed by atoms with E-state index in [4.69, 9.17) is 22.8 Å². The van der Waals surface area contributed by atoms with Gasteiger partial charge in [0.25, 0.3) is 11.8 Å². The van der Waals surface area contributed by atoms with E-state index in [9.17, 15) is 14.4 Å². The summed E-state index contributed by atoms with van der Waals surface area (Å²) in [5.74, 6) is 2.63. The molecule has 0 fully saturated rings. The molecule has 2 atom stereocenters. The highest BCUT2D eigenvalue weighted by Crippen LogP contribution is 2.19. The first kappa shape index (κ1) is 29.3. The van der Waals surface area contributed by atoms with Crippen molar-refractivity contribution in [3.05, 3.63) is 47.2 Å². The number of nitrogens with zero attached hydrogens (tertiary/aromatic N) is 1. The zero-order chi connectivity index (χ0) is 25.3. The van der Waals surface area contributed by atoms with Gasteiger partial charge in [0.15, 0.2) is 0 Å². The first-order valence-electron chi connectivity index (χ1n) is 11.8. The Morgan fingerprint density at radius 2 is 2.09 bits per heavy atom. The number of unbranched alkanes of at least 4 members (excludes halogenated alkanes) is 1. The number of imide groups is 1. The molecule has 1 aliphatic heterocycles. The minimum Gasteiger partial charge on any atom is -0.501 e. The van der Waals surface area contributed by atoms with E-state index in [1.807, 2.05) is 6.08 Å². The Morgan fingerprint density at radius 1 is 1.32 bits per heavy atom. The van der Waals surface area contributed by atoms with Crippen molar-refractivity contribution < 1.29 is 19.1 Å². The minimum atomic E-state index is -0.425. The van der Waals surface area contributed by atoms with Gasteiger partial charge in [0, 0.05) is 43.5 Å². The Bertz CT molecular complexity index is 851. The Morgan fingerprint density at radius 3 is 2.71 bits per heavy atom. The van der Waals surface area contributed by atoms with E-state index in [1.54, 1.807) is 18.5 Å². The predicted molar refractivity (Wildman–Crippen MR) is 137 cm³/mol. The van der Waals surface area contributed by atoms with Gasteiger partial charge >= 0.3 is 0 Å². The molecule has 0 unspecified atom stereocenters. The number of ether oxygens (including phenoxy) is 1. The number of terminal acetylenes is 1. The van der Waals surface area contributed by atoms with Crippen LogP contribution in [0.2, 0.25) is 0 Å². The molecule has 186 valence electrons. The number of methoxy groups -OCH3 is 1. The van der Waals surface area contributed by atoms with Gasteiger partial charge in [-0.1, -0.05) is 42.3 Å². The second-order valence-corrected chi connectivity index (χ2v) is 8.59. The third-order valence-corrected chi connectivity index (χ3v) is 5.85. The van der Waals surface area contributed by atoms with Gasteiger partial charge in [-0.3, -0.25) is 19.3 Å². The van der Waals surface area contributed by atoms with Gasteiger partial charge in [-0.05, 0) is 44.9 Å². The third-order valence-electron chi connectivity index (χ3n) is 5.54. The fourth-order valence-corrected chi connectivity index (χ4v) is 3.67. The summed E-state index contributed by atoms with van der Waals surface area (Å²) in [5.41, 5.74) is 2.89. The van der Waals surface area contributed by atoms with Crippen molar-refractivity contribution in [3.63, 3.8) is 0 Å². The average molecular weight is 489 g/mol. The molecule has 0 aliphatic carbocycles. The monoisotopic (exact) mass is 488 g/mol. The Hall–Kier alpha value is -2.78. The summed E-state index contributed by atoms with van der Waals surface area (Å²) < 4.78 is 5.23. The normalized spacial score (nSPS) is 17.2. The van der Waals surface area contributed by atoms with Crippen molar-refractivity contribution in [1.82, 2.24) is 10.2 Å². The maximum atomic E-state index is 12.3. The Kier molecular flexibility index (Phi) is 14.4. The van der Waals surface area contributed by atoms with Crippen LogP contribution in [0.25, 0.3) is 0 Å². The molecule has 0 radical (unpaired) electrons. The van der Waals surface area contributed by atoms with Crippen LogP contribution in [0.5, 0.6) is 0 Å². The summed E-state index contributed by atoms with van der Waals surface area (Å²) in [6, 6.07) is -0.275. The van der Waals surface area contributed by atoms with Crippen LogP contribution in [0.1, 0.15) is 65.2 Å². The van der Waals surface area contributed by atoms with Gasteiger partial charge in [-0.2, -0.15) is 0 Å². The van der Waals surface area contributed by atoms with E-state index in [0.29, 0.717) is 37.5 Å². The lowest BCUT2D eigenvalue weighted by Crippen LogP contribution is -2.37. The lowest BCUT2D eigenvalue weighted by atomic mass is 9.98. The fraction of sp³-hybridized carbons (Fsp3) is 0.519. The van der Waals surface area contributed by atoms with E-state index in [2.05, 4.69) is 24.2 Å². The summed E-state index contributed by atoms with van der Waals surface area (Å²) in [6.45, 7) is 4.27. The van der Waals surface area contributed by atoms with Crippen molar-refractivity contribution in [2.75, 3.05) is 13.7 Å². The molecule has 0 saturated carbocycles. The summed E-state index contributed by atoms with van der Waals surface area (Å²) in [6.07, 6.45) is 19.8. The Labute approximate surface area is 209 Å². The largest absolute Gasteiger partial charge is 0.501 e. The van der Waals surface area contributed by atoms with Crippen molar-refractivity contribution >= 4 is 29.3 Å². The van der Waals surface area contributed by atoms with Gasteiger partial charge in [-0.15, -0.1) is 12.3 Å². The SMILES string of the molecule is C#CCCC/C(=C\Cl)CC[C@@H](C)/C=C/CCC(=O)NCC/C(=C\C(=O)N1C(=O)C=C[C@H]1C)OC. The van der Waals surface area contributed by atoms with Crippen molar-refractivity contribution in [3.8, 4) is 12.3 Å². The number of amides is 3. The molecule has 0 aromatic carbocycles. The zero-order valence-electron chi connectivity index (χ0n) is 20.5. The zero-order valence-corrected chi connectivity index (χ0v) is 21.3. The number of nitrogens with one attached hydrogen (secondary N) is 1. The molecule has 0 bridgehead atoms. The number of allylic oxidation sites excluding steroid dienone is 3. The summed E-state index contributed by atoms with van der Waals surface area (Å²) in [4.78, 5) is 37.3. The number of hydrogen-bond acceptors (Lipinski definition) is 4. The molecule has 7 heteroatoms. The highest BCUT2D eigenvalue weighted by atomic mass is 35.5. The molecule has 1 N–H and O–H groups in total. The Balaban J connectivity index is 2.28. The van der Waals surface area contributed by atoms with Crippen molar-refractivity contribution in [2.24, 2.45) is 5.92 Å². The first-order chi connectivity index (χ1) is 16.3. The highest BCUT2D eigenvalue weighted by molar-refractivity contribution is 6.25. The summed E-state index contributed by atoms with van der Waals surface area (Å²) in [5, 5.41) is 2.83. The van der Waals surface area contributed by atoms with E-state index in [0.717, 1.165) is 37.0 Å². The molecular formula is C27H37ClN2O4. The van der Waals surface area contributed by atoms with Crippen LogP contribution in [-0.2, 0) is 19.1 Å². The highest BCUT2D eigenvalue weighted by Gasteiger charge is 2.27. The van der Waals surface area contributed by atoms with Crippen LogP contribution in [0.15, 0.2) is 47.2 Å². The predicted octanol–water partition coefficient (Wildman–Crippen LogP) is 5.02. The molecule has 0 aromatic rings. The third kappa shape index (κ3) is 11.4. The van der Waals surface area contributed by atoms with Gasteiger partial charge < -0.3 is 10.1 Å². The average Bonchev–Trinajstić information content (AvgIpc) is 3.16. The molecule has 1 rings (SSSR count). The number of carbonyl (C=O) groups is 3. The lowest BCUT2D eigenvalue weighted by molar-refractivity contribution is -0.139. The maximum Gasteiger partial charge on any atom is 0.257 e. The maximum absolute atomic E-state index is 12.3. The smallest absolute Gasteiger partial charge is 0.257 e. The van der Waals surface area contributed by atoms with E-state index >= 15 is 0 Å². The second kappa shape index (κ2) is 16.8. The fourth-order valence-electron chi connectivity index (χ4n) is 3.46. The molecule has 3 amide bonds. The standard InChI is InChI=1S/C27H37ClN2O4/c1-5-6-7-11-23(20-28)15-13-21(2)10-8-9-12-25(31)29-18-17-24(34-4)19-27(33)30-22(3)14-16-26(30)32/h1,8,10,14,16,19-22H,6-7,9,11-13,15,17-18H2,2-4H3,(H,29,31)/b10-8+,23-20+,24-19+/t21-,22+/m0/s1. The summed E-state index contributed by atoms with van der Waals surface area (Å²) in [7, 11) is 1.46. The molecular weight excluding hydrogens is 452 g/mol. The lowest BCUT2D eigenvalue weighted by Gasteiger charge is -2.18. The summed E-state index contributed by atoms with van der Waals surface area (Å²) >= 11 is 5.91. The molecule has 34 heavy (non-hydrogen) atoms. The van der Waals surface area contributed by atoms with Crippen LogP contribution >= 0.6 is 11.6 Å². The molecule has 0 aromatic heterocycles. The van der Waals surface area contributed by atoms with E-state index < -0.39 is 5.91 Å². The molecule has 0 saturated heterocycles. The van der Waals surface area contributed by atoms with E-state index in [1.165, 1.54) is 24.8 Å². The van der Waals surface area contributed by atoms with Gasteiger partial charge in [0.2, 0.25) is 5.91 Å². The quantitative estimate of drug-likeness (QED) is 0.115. The molecule has 1 heterocycles. The van der Waals surface area contributed by atoms with Crippen LogP contribution in [0, 0.1) is 18.3 Å². The number of carbonyl (C=O) groups excluding carboxylic acids is 3. The topological polar surface area (TPSA) is 75.7 Å². The minimum absolute atomic E-state index is 0.0625. The van der Waals surface area contributed by atoms with Crippen LogP contribution in [0.4, 0.5) is 0 Å². The number of halogens is 1. The van der Waals surface area contributed by atoms with Gasteiger partial charge in [-0.25, -0.2) is 0 Å².